The van der Waals surface area contributed by atoms with Crippen LogP contribution < -0.4 is 4.74 Å². The molecule has 3 nitrogen and oxygen atoms in total. The molecule has 0 radical (unpaired) electrons. The predicted octanol–water partition coefficient (Wildman–Crippen LogP) is 3.13. The number of hydrogen-bond acceptors (Lipinski definition) is 3. The molecule has 0 saturated carbocycles. The summed E-state index contributed by atoms with van der Waals surface area (Å²) in [6.45, 7) is 2.41. The van der Waals surface area contributed by atoms with Crippen molar-refractivity contribution >= 4 is 15.9 Å². The first-order chi connectivity index (χ1) is 7.75. The van der Waals surface area contributed by atoms with Crippen molar-refractivity contribution in [1.82, 2.24) is 9.97 Å². The zero-order valence-electron chi connectivity index (χ0n) is 8.85. The highest BCUT2D eigenvalue weighted by Crippen LogP contribution is 2.26. The number of benzene rings is 1. The van der Waals surface area contributed by atoms with Crippen molar-refractivity contribution < 1.29 is 4.74 Å². The third-order valence-corrected chi connectivity index (χ3v) is 2.68. The molecule has 1 heterocycles. The monoisotopic (exact) mass is 278 g/mol. The molecule has 0 N–H and O–H groups in total. The summed E-state index contributed by atoms with van der Waals surface area (Å²) in [5.74, 6) is 1.48. The van der Waals surface area contributed by atoms with Crippen molar-refractivity contribution in [3.63, 3.8) is 0 Å². The molecule has 0 spiro atoms. The Kier molecular flexibility index (Phi) is 3.51. The van der Waals surface area contributed by atoms with Gasteiger partial charge in [-0.15, -0.1) is 0 Å². The first-order valence-electron chi connectivity index (χ1n) is 4.90. The molecule has 0 unspecified atom stereocenters. The predicted molar refractivity (Wildman–Crippen MR) is 65.2 cm³/mol. The largest absolute Gasteiger partial charge is 0.484 e. The van der Waals surface area contributed by atoms with E-state index in [2.05, 4.69) is 25.9 Å². The second-order valence-electron chi connectivity index (χ2n) is 3.39. The number of ether oxygens (including phenoxy) is 1. The van der Waals surface area contributed by atoms with Gasteiger partial charge < -0.3 is 4.74 Å². The molecule has 1 aromatic heterocycles. The maximum Gasteiger partial charge on any atom is 0.166 e. The standard InChI is InChI=1S/C12H11BrN2O/c1-9-3-4-11(10(13)7-9)16-8-12-14-5-2-6-15-12/h2-7H,8H2,1H3. The summed E-state index contributed by atoms with van der Waals surface area (Å²) in [5.41, 5.74) is 1.19. The summed E-state index contributed by atoms with van der Waals surface area (Å²) in [4.78, 5) is 8.18. The Labute approximate surface area is 103 Å². The fraction of sp³-hybridized carbons (Fsp3) is 0.167. The maximum atomic E-state index is 5.61. The number of halogens is 1. The molecule has 16 heavy (non-hydrogen) atoms. The maximum absolute atomic E-state index is 5.61. The van der Waals surface area contributed by atoms with Crippen LogP contribution in [0.5, 0.6) is 5.75 Å². The van der Waals surface area contributed by atoms with Crippen molar-refractivity contribution in [3.8, 4) is 5.75 Å². The third-order valence-electron chi connectivity index (χ3n) is 2.06. The lowest BCUT2D eigenvalue weighted by atomic mass is 10.2. The quantitative estimate of drug-likeness (QED) is 0.865. The van der Waals surface area contributed by atoms with E-state index in [0.717, 1.165) is 10.2 Å². The third kappa shape index (κ3) is 2.79. The Morgan fingerprint density at radius 2 is 2.00 bits per heavy atom. The van der Waals surface area contributed by atoms with Gasteiger partial charge in [-0.2, -0.15) is 0 Å². The zero-order valence-corrected chi connectivity index (χ0v) is 10.4. The van der Waals surface area contributed by atoms with Crippen LogP contribution in [0.1, 0.15) is 11.4 Å². The van der Waals surface area contributed by atoms with E-state index >= 15 is 0 Å². The van der Waals surface area contributed by atoms with E-state index in [1.165, 1.54) is 5.56 Å². The van der Waals surface area contributed by atoms with Gasteiger partial charge in [-0.25, -0.2) is 9.97 Å². The second-order valence-corrected chi connectivity index (χ2v) is 4.24. The lowest BCUT2D eigenvalue weighted by Crippen LogP contribution is -2.00. The molecule has 0 aliphatic carbocycles. The number of hydrogen-bond donors (Lipinski definition) is 0. The number of rotatable bonds is 3. The van der Waals surface area contributed by atoms with Crippen molar-refractivity contribution in [3.05, 3.63) is 52.5 Å². The number of aromatic nitrogens is 2. The lowest BCUT2D eigenvalue weighted by molar-refractivity contribution is 0.294. The van der Waals surface area contributed by atoms with E-state index in [-0.39, 0.29) is 0 Å². The minimum atomic E-state index is 0.377. The summed E-state index contributed by atoms with van der Waals surface area (Å²) >= 11 is 3.45. The normalized spacial score (nSPS) is 10.1. The van der Waals surface area contributed by atoms with Gasteiger partial charge >= 0.3 is 0 Å². The van der Waals surface area contributed by atoms with Crippen molar-refractivity contribution in [2.24, 2.45) is 0 Å². The van der Waals surface area contributed by atoms with E-state index in [0.29, 0.717) is 12.4 Å². The van der Waals surface area contributed by atoms with Gasteiger partial charge in [0.1, 0.15) is 12.4 Å². The van der Waals surface area contributed by atoms with Gasteiger partial charge in [0.15, 0.2) is 5.82 Å². The van der Waals surface area contributed by atoms with Gasteiger partial charge in [-0.3, -0.25) is 0 Å². The van der Waals surface area contributed by atoms with E-state index in [1.807, 2.05) is 25.1 Å². The molecular weight excluding hydrogens is 268 g/mol. The number of nitrogens with zero attached hydrogens (tertiary/aromatic N) is 2. The van der Waals surface area contributed by atoms with Crippen molar-refractivity contribution in [1.29, 1.82) is 0 Å². The Balaban J connectivity index is 2.05. The van der Waals surface area contributed by atoms with Crippen LogP contribution >= 0.6 is 15.9 Å². The minimum Gasteiger partial charge on any atom is -0.484 e. The molecule has 0 aliphatic rings. The Bertz CT molecular complexity index is 474. The molecule has 0 fully saturated rings. The van der Waals surface area contributed by atoms with Crippen LogP contribution in [0.2, 0.25) is 0 Å². The topological polar surface area (TPSA) is 35.0 Å². The van der Waals surface area contributed by atoms with E-state index in [9.17, 15) is 0 Å². The van der Waals surface area contributed by atoms with Crippen LogP contribution in [0.3, 0.4) is 0 Å². The molecule has 4 heteroatoms. The average molecular weight is 279 g/mol. The summed E-state index contributed by atoms with van der Waals surface area (Å²) < 4.78 is 6.55. The SMILES string of the molecule is Cc1ccc(OCc2ncccn2)c(Br)c1. The van der Waals surface area contributed by atoms with Gasteiger partial charge in [0.25, 0.3) is 0 Å². The molecule has 2 aromatic rings. The fourth-order valence-corrected chi connectivity index (χ4v) is 1.88. The Morgan fingerprint density at radius 3 is 2.69 bits per heavy atom. The van der Waals surface area contributed by atoms with Gasteiger partial charge in [0.05, 0.1) is 4.47 Å². The molecule has 2 rings (SSSR count). The van der Waals surface area contributed by atoms with Crippen LogP contribution in [0.4, 0.5) is 0 Å². The van der Waals surface area contributed by atoms with Gasteiger partial charge in [0.2, 0.25) is 0 Å². The fourth-order valence-electron chi connectivity index (χ4n) is 1.27. The van der Waals surface area contributed by atoms with Crippen molar-refractivity contribution in [2.75, 3.05) is 0 Å². The van der Waals surface area contributed by atoms with E-state index < -0.39 is 0 Å². The second kappa shape index (κ2) is 5.07. The molecule has 0 atom stereocenters. The van der Waals surface area contributed by atoms with Crippen LogP contribution in [0, 0.1) is 6.92 Å². The van der Waals surface area contributed by atoms with E-state index in [4.69, 9.17) is 4.74 Å². The smallest absolute Gasteiger partial charge is 0.166 e. The Morgan fingerprint density at radius 1 is 1.25 bits per heavy atom. The summed E-state index contributed by atoms with van der Waals surface area (Å²) in [7, 11) is 0. The number of aryl methyl sites for hydroxylation is 1. The van der Waals surface area contributed by atoms with Crippen LogP contribution in [0.25, 0.3) is 0 Å². The van der Waals surface area contributed by atoms with Gasteiger partial charge in [0, 0.05) is 12.4 Å². The molecule has 0 amide bonds. The lowest BCUT2D eigenvalue weighted by Gasteiger charge is -2.07. The summed E-state index contributed by atoms with van der Waals surface area (Å²) in [6.07, 6.45) is 3.41. The first kappa shape index (κ1) is 11.1. The zero-order chi connectivity index (χ0) is 11.4. The van der Waals surface area contributed by atoms with Gasteiger partial charge in [-0.1, -0.05) is 6.07 Å². The highest BCUT2D eigenvalue weighted by atomic mass is 79.9. The highest BCUT2D eigenvalue weighted by molar-refractivity contribution is 9.10. The summed E-state index contributed by atoms with van der Waals surface area (Å²) in [5, 5.41) is 0. The van der Waals surface area contributed by atoms with Crippen molar-refractivity contribution in [2.45, 2.75) is 13.5 Å². The average Bonchev–Trinajstić information content (AvgIpc) is 2.29. The van der Waals surface area contributed by atoms with Crippen LogP contribution in [-0.4, -0.2) is 9.97 Å². The molecule has 82 valence electrons. The molecule has 0 aliphatic heterocycles. The van der Waals surface area contributed by atoms with E-state index in [1.54, 1.807) is 18.5 Å². The minimum absolute atomic E-state index is 0.377. The summed E-state index contributed by atoms with van der Waals surface area (Å²) in [6, 6.07) is 7.74. The van der Waals surface area contributed by atoms with Gasteiger partial charge in [-0.05, 0) is 46.6 Å². The first-order valence-corrected chi connectivity index (χ1v) is 5.70. The molecule has 0 saturated heterocycles. The molecular formula is C12H11BrN2O. The molecule has 0 bridgehead atoms. The highest BCUT2D eigenvalue weighted by Gasteiger charge is 2.02. The van der Waals surface area contributed by atoms with Crippen LogP contribution in [0.15, 0.2) is 41.1 Å². The Hall–Kier alpha value is -1.42. The molecule has 1 aromatic carbocycles. The van der Waals surface area contributed by atoms with Crippen LogP contribution in [-0.2, 0) is 6.61 Å².